The lowest BCUT2D eigenvalue weighted by Gasteiger charge is -2.25. The highest BCUT2D eigenvalue weighted by molar-refractivity contribution is 7.18. The van der Waals surface area contributed by atoms with E-state index in [2.05, 4.69) is 15.6 Å². The zero-order valence-corrected chi connectivity index (χ0v) is 11.5. The van der Waals surface area contributed by atoms with Crippen molar-refractivity contribution in [1.82, 2.24) is 10.3 Å². The van der Waals surface area contributed by atoms with Gasteiger partial charge < -0.3 is 10.6 Å². The predicted octanol–water partition coefficient (Wildman–Crippen LogP) is 2.18. The highest BCUT2D eigenvalue weighted by Crippen LogP contribution is 2.25. The maximum absolute atomic E-state index is 11.8. The largest absolute Gasteiger partial charge is 0.326 e. The predicted molar refractivity (Wildman–Crippen MR) is 76.6 cm³/mol. The summed E-state index contributed by atoms with van der Waals surface area (Å²) in [6, 6.07) is 5.85. The normalized spacial score (nSPS) is 14.9. The van der Waals surface area contributed by atoms with Gasteiger partial charge in [-0.15, -0.1) is 23.7 Å². The summed E-state index contributed by atoms with van der Waals surface area (Å²) in [5.41, 5.74) is 1.86. The van der Waals surface area contributed by atoms with E-state index >= 15 is 0 Å². The molecule has 0 saturated carbocycles. The monoisotopic (exact) mass is 283 g/mol. The number of carbonyl (C=O) groups excluding carboxylic acids is 1. The zero-order chi connectivity index (χ0) is 11.8. The minimum Gasteiger partial charge on any atom is -0.326 e. The molecule has 2 N–H and O–H groups in total. The summed E-state index contributed by atoms with van der Waals surface area (Å²) >= 11 is 1.65. The van der Waals surface area contributed by atoms with E-state index in [9.17, 15) is 4.79 Å². The average Bonchev–Trinajstić information content (AvgIpc) is 2.54. The summed E-state index contributed by atoms with van der Waals surface area (Å²) in [5.74, 6) is 0.221. The van der Waals surface area contributed by atoms with Gasteiger partial charge in [-0.2, -0.15) is 0 Å². The maximum Gasteiger partial charge on any atom is 0.230 e. The minimum atomic E-state index is 0. The lowest BCUT2D eigenvalue weighted by molar-refractivity contribution is -0.121. The highest BCUT2D eigenvalue weighted by atomic mass is 35.5. The van der Waals surface area contributed by atoms with Crippen molar-refractivity contribution in [3.8, 4) is 0 Å². The molecule has 1 fully saturated rings. The molecule has 2 heterocycles. The van der Waals surface area contributed by atoms with E-state index in [4.69, 9.17) is 0 Å². The van der Waals surface area contributed by atoms with Crippen LogP contribution in [0.1, 0.15) is 5.01 Å². The van der Waals surface area contributed by atoms with Gasteiger partial charge in [-0.05, 0) is 25.1 Å². The standard InChI is InChI=1S/C12H13N3OS.ClH/c1-7-14-10-3-2-9(4-11(10)17-7)15-12(16)8-5-13-6-8;/h2-4,8,13H,5-6H2,1H3,(H,15,16);1H. The number of nitrogens with zero attached hydrogens (tertiary/aromatic N) is 1. The Morgan fingerprint density at radius 2 is 2.28 bits per heavy atom. The molecule has 4 nitrogen and oxygen atoms in total. The van der Waals surface area contributed by atoms with Crippen molar-refractivity contribution in [3.63, 3.8) is 0 Å². The van der Waals surface area contributed by atoms with Gasteiger partial charge in [0.05, 0.1) is 21.1 Å². The molecule has 1 saturated heterocycles. The number of aromatic nitrogens is 1. The number of halogens is 1. The first kappa shape index (κ1) is 13.3. The maximum atomic E-state index is 11.8. The van der Waals surface area contributed by atoms with E-state index < -0.39 is 0 Å². The Bertz CT molecular complexity index is 580. The van der Waals surface area contributed by atoms with Gasteiger partial charge in [0.15, 0.2) is 0 Å². The Kier molecular flexibility index (Phi) is 3.85. The molecule has 0 unspecified atom stereocenters. The van der Waals surface area contributed by atoms with E-state index in [-0.39, 0.29) is 24.2 Å². The molecule has 1 aromatic heterocycles. The number of benzene rings is 1. The Labute approximate surface area is 115 Å². The van der Waals surface area contributed by atoms with E-state index in [1.165, 1.54) is 0 Å². The molecule has 3 rings (SSSR count). The molecule has 1 aromatic carbocycles. The number of aryl methyl sites for hydroxylation is 1. The van der Waals surface area contributed by atoms with Crippen LogP contribution < -0.4 is 10.6 Å². The molecular weight excluding hydrogens is 270 g/mol. The third kappa shape index (κ3) is 2.48. The van der Waals surface area contributed by atoms with Crippen LogP contribution in [-0.4, -0.2) is 24.0 Å². The number of anilines is 1. The molecule has 0 bridgehead atoms. The second-order valence-electron chi connectivity index (χ2n) is 4.26. The van der Waals surface area contributed by atoms with E-state index in [1.54, 1.807) is 11.3 Å². The Morgan fingerprint density at radius 3 is 2.94 bits per heavy atom. The third-order valence-electron chi connectivity index (χ3n) is 2.92. The van der Waals surface area contributed by atoms with Crippen molar-refractivity contribution in [3.05, 3.63) is 23.2 Å². The van der Waals surface area contributed by atoms with Crippen LogP contribution in [0.3, 0.4) is 0 Å². The van der Waals surface area contributed by atoms with Crippen LogP contribution in [0.5, 0.6) is 0 Å². The van der Waals surface area contributed by atoms with Crippen molar-refractivity contribution in [2.45, 2.75) is 6.92 Å². The fourth-order valence-electron chi connectivity index (χ4n) is 1.84. The topological polar surface area (TPSA) is 54.0 Å². The molecule has 2 aromatic rings. The van der Waals surface area contributed by atoms with Gasteiger partial charge in [0.2, 0.25) is 5.91 Å². The van der Waals surface area contributed by atoms with Crippen molar-refractivity contribution in [2.24, 2.45) is 5.92 Å². The number of rotatable bonds is 2. The number of nitrogens with one attached hydrogen (secondary N) is 2. The smallest absolute Gasteiger partial charge is 0.230 e. The van der Waals surface area contributed by atoms with Crippen molar-refractivity contribution >= 4 is 45.6 Å². The fourth-order valence-corrected chi connectivity index (χ4v) is 2.70. The van der Waals surface area contributed by atoms with E-state index in [0.29, 0.717) is 0 Å². The number of hydrogen-bond acceptors (Lipinski definition) is 4. The van der Waals surface area contributed by atoms with Crippen LogP contribution in [0.4, 0.5) is 5.69 Å². The van der Waals surface area contributed by atoms with Crippen LogP contribution in [0.15, 0.2) is 18.2 Å². The summed E-state index contributed by atoms with van der Waals surface area (Å²) in [4.78, 5) is 16.2. The van der Waals surface area contributed by atoms with Gasteiger partial charge >= 0.3 is 0 Å². The summed E-state index contributed by atoms with van der Waals surface area (Å²) in [5, 5.41) is 7.09. The number of carbonyl (C=O) groups is 1. The molecule has 18 heavy (non-hydrogen) atoms. The SMILES string of the molecule is Cc1nc2ccc(NC(=O)C3CNC3)cc2s1.Cl. The van der Waals surface area contributed by atoms with Crippen LogP contribution in [0.25, 0.3) is 10.2 Å². The summed E-state index contributed by atoms with van der Waals surface area (Å²) in [6.07, 6.45) is 0. The molecule has 0 aliphatic carbocycles. The second-order valence-corrected chi connectivity index (χ2v) is 5.49. The summed E-state index contributed by atoms with van der Waals surface area (Å²) < 4.78 is 1.12. The molecule has 96 valence electrons. The van der Waals surface area contributed by atoms with Crippen molar-refractivity contribution in [2.75, 3.05) is 18.4 Å². The lowest BCUT2D eigenvalue weighted by Crippen LogP contribution is -2.48. The molecule has 1 aliphatic heterocycles. The molecule has 1 aliphatic rings. The molecule has 1 amide bonds. The van der Waals surface area contributed by atoms with Crippen LogP contribution >= 0.6 is 23.7 Å². The van der Waals surface area contributed by atoms with E-state index in [0.717, 1.165) is 34.0 Å². The lowest BCUT2D eigenvalue weighted by atomic mass is 10.0. The Morgan fingerprint density at radius 1 is 1.50 bits per heavy atom. The first-order valence-electron chi connectivity index (χ1n) is 5.61. The van der Waals surface area contributed by atoms with E-state index in [1.807, 2.05) is 25.1 Å². The van der Waals surface area contributed by atoms with Gasteiger partial charge in [-0.1, -0.05) is 0 Å². The minimum absolute atomic E-state index is 0. The van der Waals surface area contributed by atoms with Gasteiger partial charge in [-0.25, -0.2) is 4.98 Å². The van der Waals surface area contributed by atoms with Crippen LogP contribution in [0, 0.1) is 12.8 Å². The third-order valence-corrected chi connectivity index (χ3v) is 3.85. The zero-order valence-electron chi connectivity index (χ0n) is 9.90. The first-order chi connectivity index (χ1) is 8.22. The van der Waals surface area contributed by atoms with Gasteiger partial charge in [0.25, 0.3) is 0 Å². The summed E-state index contributed by atoms with van der Waals surface area (Å²) in [7, 11) is 0. The highest BCUT2D eigenvalue weighted by Gasteiger charge is 2.24. The van der Waals surface area contributed by atoms with Gasteiger partial charge in [0.1, 0.15) is 0 Å². The molecular formula is C12H14ClN3OS. The summed E-state index contributed by atoms with van der Waals surface area (Å²) in [6.45, 7) is 3.56. The Balaban J connectivity index is 0.00000120. The van der Waals surface area contributed by atoms with Crippen LogP contribution in [-0.2, 0) is 4.79 Å². The van der Waals surface area contributed by atoms with Gasteiger partial charge in [0, 0.05) is 18.8 Å². The Hall–Kier alpha value is -1.17. The second kappa shape index (κ2) is 5.22. The van der Waals surface area contributed by atoms with Crippen LogP contribution in [0.2, 0.25) is 0 Å². The number of hydrogen-bond donors (Lipinski definition) is 2. The molecule has 6 heteroatoms. The van der Waals surface area contributed by atoms with Crippen molar-refractivity contribution in [1.29, 1.82) is 0 Å². The number of amides is 1. The number of thiazole rings is 1. The fraction of sp³-hybridized carbons (Fsp3) is 0.333. The average molecular weight is 284 g/mol. The quantitative estimate of drug-likeness (QED) is 0.888. The molecule has 0 atom stereocenters. The number of fused-ring (bicyclic) bond motifs is 1. The first-order valence-corrected chi connectivity index (χ1v) is 6.43. The van der Waals surface area contributed by atoms with Crippen molar-refractivity contribution < 1.29 is 4.79 Å². The van der Waals surface area contributed by atoms with Gasteiger partial charge in [-0.3, -0.25) is 4.79 Å². The molecule has 0 spiro atoms. The molecule has 0 radical (unpaired) electrons.